The minimum absolute atomic E-state index is 0.00947. The van der Waals surface area contributed by atoms with Gasteiger partial charge in [0.05, 0.1) is 26.7 Å². The number of rotatable bonds is 7. The normalized spacial score (nSPS) is 11.9. The van der Waals surface area contributed by atoms with Crippen LogP contribution in [0.15, 0.2) is 0 Å². The van der Waals surface area contributed by atoms with Crippen molar-refractivity contribution in [1.82, 2.24) is 4.90 Å². The van der Waals surface area contributed by atoms with Gasteiger partial charge in [-0.25, -0.2) is 0 Å². The first-order chi connectivity index (χ1) is 7.39. The Morgan fingerprint density at radius 3 is 2.31 bits per heavy atom. The molecule has 0 heterocycles. The number of ether oxygens (including phenoxy) is 2. The second kappa shape index (κ2) is 7.45. The molecule has 0 unspecified atom stereocenters. The lowest BCUT2D eigenvalue weighted by molar-refractivity contribution is -0.151. The highest BCUT2D eigenvalue weighted by atomic mass is 19.4. The van der Waals surface area contributed by atoms with Gasteiger partial charge in [0.15, 0.2) is 0 Å². The van der Waals surface area contributed by atoms with Crippen LogP contribution in [-0.4, -0.2) is 57.5 Å². The standard InChI is InChI=1S/C9H16F3NO3/c1-15-6-5-13(7-9(10,11)12)4-3-8(14)16-2/h3-7H2,1-2H3. The third-order valence-corrected chi connectivity index (χ3v) is 1.87. The maximum absolute atomic E-state index is 12.1. The van der Waals surface area contributed by atoms with Gasteiger partial charge in [0.1, 0.15) is 0 Å². The number of esters is 1. The molecule has 0 fully saturated rings. The van der Waals surface area contributed by atoms with E-state index in [-0.39, 0.29) is 26.1 Å². The Kier molecular flexibility index (Phi) is 7.07. The van der Waals surface area contributed by atoms with Crippen molar-refractivity contribution < 1.29 is 27.4 Å². The fraction of sp³-hybridized carbons (Fsp3) is 0.889. The Morgan fingerprint density at radius 1 is 1.25 bits per heavy atom. The fourth-order valence-electron chi connectivity index (χ4n) is 1.10. The lowest BCUT2D eigenvalue weighted by Gasteiger charge is -2.22. The van der Waals surface area contributed by atoms with Crippen molar-refractivity contribution >= 4 is 5.97 Å². The molecule has 0 atom stereocenters. The number of hydrogen-bond donors (Lipinski definition) is 0. The maximum Gasteiger partial charge on any atom is 0.401 e. The molecule has 96 valence electrons. The maximum atomic E-state index is 12.1. The van der Waals surface area contributed by atoms with Gasteiger partial charge in [0.2, 0.25) is 0 Å². The molecule has 0 rings (SSSR count). The summed E-state index contributed by atoms with van der Waals surface area (Å²) in [5, 5.41) is 0. The van der Waals surface area contributed by atoms with Gasteiger partial charge in [0, 0.05) is 20.2 Å². The van der Waals surface area contributed by atoms with Gasteiger partial charge in [0.25, 0.3) is 0 Å². The highest BCUT2D eigenvalue weighted by Crippen LogP contribution is 2.16. The molecule has 7 heteroatoms. The van der Waals surface area contributed by atoms with Gasteiger partial charge in [-0.05, 0) is 0 Å². The highest BCUT2D eigenvalue weighted by Gasteiger charge is 2.30. The largest absolute Gasteiger partial charge is 0.469 e. The Morgan fingerprint density at radius 2 is 1.88 bits per heavy atom. The fourth-order valence-corrected chi connectivity index (χ4v) is 1.10. The molecule has 0 aromatic carbocycles. The van der Waals surface area contributed by atoms with Crippen molar-refractivity contribution in [1.29, 1.82) is 0 Å². The topological polar surface area (TPSA) is 38.8 Å². The van der Waals surface area contributed by atoms with Crippen LogP contribution >= 0.6 is 0 Å². The minimum atomic E-state index is -4.27. The zero-order chi connectivity index (χ0) is 12.6. The molecular weight excluding hydrogens is 227 g/mol. The van der Waals surface area contributed by atoms with Crippen molar-refractivity contribution in [2.75, 3.05) is 40.5 Å². The summed E-state index contributed by atoms with van der Waals surface area (Å²) in [5.41, 5.74) is 0. The Hall–Kier alpha value is -0.820. The number of hydrogen-bond acceptors (Lipinski definition) is 4. The van der Waals surface area contributed by atoms with Crippen LogP contribution in [-0.2, 0) is 14.3 Å². The molecular formula is C9H16F3NO3. The van der Waals surface area contributed by atoms with Crippen LogP contribution in [0.5, 0.6) is 0 Å². The highest BCUT2D eigenvalue weighted by molar-refractivity contribution is 5.69. The predicted molar refractivity (Wildman–Crippen MR) is 51.0 cm³/mol. The zero-order valence-electron chi connectivity index (χ0n) is 9.34. The van der Waals surface area contributed by atoms with Crippen LogP contribution in [0.1, 0.15) is 6.42 Å². The first-order valence-corrected chi connectivity index (χ1v) is 4.74. The van der Waals surface area contributed by atoms with Gasteiger partial charge in [-0.1, -0.05) is 0 Å². The van der Waals surface area contributed by atoms with Crippen molar-refractivity contribution in [2.24, 2.45) is 0 Å². The molecule has 0 spiro atoms. The van der Waals surface area contributed by atoms with Gasteiger partial charge < -0.3 is 9.47 Å². The number of halogens is 3. The van der Waals surface area contributed by atoms with Crippen molar-refractivity contribution in [3.05, 3.63) is 0 Å². The Labute approximate surface area is 92.3 Å². The van der Waals surface area contributed by atoms with E-state index < -0.39 is 18.7 Å². The molecule has 0 bridgehead atoms. The monoisotopic (exact) mass is 243 g/mol. The molecule has 0 aliphatic heterocycles. The Balaban J connectivity index is 4.04. The zero-order valence-corrected chi connectivity index (χ0v) is 9.34. The van der Waals surface area contributed by atoms with E-state index in [2.05, 4.69) is 4.74 Å². The van der Waals surface area contributed by atoms with Crippen LogP contribution in [0.2, 0.25) is 0 Å². The molecule has 0 N–H and O–H groups in total. The average Bonchev–Trinajstić information content (AvgIpc) is 2.19. The smallest absolute Gasteiger partial charge is 0.401 e. The lowest BCUT2D eigenvalue weighted by Crippen LogP contribution is -2.37. The summed E-state index contributed by atoms with van der Waals surface area (Å²) in [6.45, 7) is -0.715. The summed E-state index contributed by atoms with van der Waals surface area (Å²) in [6, 6.07) is 0. The van der Waals surface area contributed by atoms with Gasteiger partial charge >= 0.3 is 12.1 Å². The van der Waals surface area contributed by atoms with Crippen molar-refractivity contribution in [3.63, 3.8) is 0 Å². The number of alkyl halides is 3. The minimum Gasteiger partial charge on any atom is -0.469 e. The number of nitrogens with zero attached hydrogens (tertiary/aromatic N) is 1. The molecule has 0 aliphatic carbocycles. The first kappa shape index (κ1) is 15.2. The van der Waals surface area contributed by atoms with E-state index >= 15 is 0 Å². The summed E-state index contributed by atoms with van der Waals surface area (Å²) in [4.78, 5) is 11.9. The molecule has 4 nitrogen and oxygen atoms in total. The van der Waals surface area contributed by atoms with E-state index in [4.69, 9.17) is 4.74 Å². The summed E-state index contributed by atoms with van der Waals surface area (Å²) in [7, 11) is 2.61. The summed E-state index contributed by atoms with van der Waals surface area (Å²) >= 11 is 0. The average molecular weight is 243 g/mol. The van der Waals surface area contributed by atoms with Crippen molar-refractivity contribution in [3.8, 4) is 0 Å². The molecule has 0 radical (unpaired) electrons. The van der Waals surface area contributed by atoms with Gasteiger partial charge in [-0.2, -0.15) is 13.2 Å². The van der Waals surface area contributed by atoms with Crippen molar-refractivity contribution in [2.45, 2.75) is 12.6 Å². The molecule has 16 heavy (non-hydrogen) atoms. The van der Waals surface area contributed by atoms with Gasteiger partial charge in [-0.15, -0.1) is 0 Å². The quantitative estimate of drug-likeness (QED) is 0.627. The summed E-state index contributed by atoms with van der Waals surface area (Å²) < 4.78 is 45.5. The predicted octanol–water partition coefficient (Wildman–Crippen LogP) is 1.06. The summed E-state index contributed by atoms with van der Waals surface area (Å²) in [6.07, 6.45) is -4.33. The van der Waals surface area contributed by atoms with Crippen LogP contribution in [0, 0.1) is 0 Å². The van der Waals surface area contributed by atoms with E-state index in [1.165, 1.54) is 14.2 Å². The number of methoxy groups -OCH3 is 2. The van der Waals surface area contributed by atoms with E-state index in [0.717, 1.165) is 4.90 Å². The van der Waals surface area contributed by atoms with E-state index in [0.29, 0.717) is 0 Å². The van der Waals surface area contributed by atoms with Crippen LogP contribution in [0.4, 0.5) is 13.2 Å². The van der Waals surface area contributed by atoms with Gasteiger partial charge in [-0.3, -0.25) is 9.69 Å². The lowest BCUT2D eigenvalue weighted by atomic mass is 10.3. The SMILES string of the molecule is COCCN(CCC(=O)OC)CC(F)(F)F. The molecule has 0 aliphatic rings. The van der Waals surface area contributed by atoms with E-state index in [1.54, 1.807) is 0 Å². The molecule has 0 aromatic rings. The summed E-state index contributed by atoms with van der Waals surface area (Å²) in [5.74, 6) is -0.524. The number of carbonyl (C=O) groups excluding carboxylic acids is 1. The number of carbonyl (C=O) groups is 1. The molecule has 0 saturated heterocycles. The molecule has 0 amide bonds. The van der Waals surface area contributed by atoms with Crippen LogP contribution in [0.3, 0.4) is 0 Å². The second-order valence-corrected chi connectivity index (χ2v) is 3.21. The third-order valence-electron chi connectivity index (χ3n) is 1.87. The van der Waals surface area contributed by atoms with Crippen LogP contribution < -0.4 is 0 Å². The Bertz CT molecular complexity index is 209. The first-order valence-electron chi connectivity index (χ1n) is 4.74. The molecule has 0 saturated carbocycles. The molecule has 0 aromatic heterocycles. The second-order valence-electron chi connectivity index (χ2n) is 3.21. The third kappa shape index (κ3) is 8.49. The van der Waals surface area contributed by atoms with Crippen LogP contribution in [0.25, 0.3) is 0 Å². The van der Waals surface area contributed by atoms with E-state index in [9.17, 15) is 18.0 Å². The van der Waals surface area contributed by atoms with E-state index in [1.807, 2.05) is 0 Å².